The highest BCUT2D eigenvalue weighted by Crippen LogP contribution is 2.16. The molecule has 0 saturated carbocycles. The molecule has 114 valence electrons. The van der Waals surface area contributed by atoms with E-state index in [2.05, 4.69) is 36.6 Å². The monoisotopic (exact) mass is 287 g/mol. The second-order valence-corrected chi connectivity index (χ2v) is 6.49. The van der Waals surface area contributed by atoms with E-state index in [4.69, 9.17) is 10.00 Å². The lowest BCUT2D eigenvalue weighted by atomic mass is 10.1. The molecule has 0 atom stereocenters. The van der Waals surface area contributed by atoms with Gasteiger partial charge < -0.3 is 4.74 Å². The van der Waals surface area contributed by atoms with E-state index >= 15 is 0 Å². The first-order valence-electron chi connectivity index (χ1n) is 7.59. The van der Waals surface area contributed by atoms with Gasteiger partial charge in [-0.05, 0) is 39.0 Å². The van der Waals surface area contributed by atoms with Crippen LogP contribution in [-0.2, 0) is 0 Å². The van der Waals surface area contributed by atoms with Gasteiger partial charge in [0.05, 0.1) is 11.6 Å². The molecule has 1 aliphatic rings. The summed E-state index contributed by atoms with van der Waals surface area (Å²) >= 11 is 0. The predicted octanol–water partition coefficient (Wildman–Crippen LogP) is 2.35. The van der Waals surface area contributed by atoms with Crippen LogP contribution < -0.4 is 4.74 Å². The first-order chi connectivity index (χ1) is 9.99. The Morgan fingerprint density at radius 2 is 1.90 bits per heavy atom. The van der Waals surface area contributed by atoms with Crippen LogP contribution in [0.4, 0.5) is 0 Å². The van der Waals surface area contributed by atoms with Gasteiger partial charge in [-0.25, -0.2) is 0 Å². The number of hydrogen-bond donors (Lipinski definition) is 0. The van der Waals surface area contributed by atoms with E-state index in [9.17, 15) is 0 Å². The second kappa shape index (κ2) is 6.93. The number of rotatable bonds is 4. The summed E-state index contributed by atoms with van der Waals surface area (Å²) in [4.78, 5) is 4.97. The van der Waals surface area contributed by atoms with Crippen molar-refractivity contribution in [3.63, 3.8) is 0 Å². The molecule has 0 amide bonds. The van der Waals surface area contributed by atoms with Crippen LogP contribution in [0, 0.1) is 11.3 Å². The Balaban J connectivity index is 1.72. The molecular weight excluding hydrogens is 262 g/mol. The van der Waals surface area contributed by atoms with Crippen LogP contribution in [0.3, 0.4) is 0 Å². The third kappa shape index (κ3) is 4.73. The quantitative estimate of drug-likeness (QED) is 0.852. The standard InChI is InChI=1S/C17H25N3O/c1-17(2,3)20-9-7-19(8-10-20)11-12-21-16-6-4-5-15(13-16)14-18/h4-6,13H,7-12H2,1-3H3. The zero-order chi connectivity index (χ0) is 15.3. The number of nitrogens with zero attached hydrogens (tertiary/aromatic N) is 3. The fourth-order valence-electron chi connectivity index (χ4n) is 2.59. The normalized spacial score (nSPS) is 17.4. The number of piperazine rings is 1. The van der Waals surface area contributed by atoms with Crippen LogP contribution in [0.2, 0.25) is 0 Å². The molecule has 2 rings (SSSR count). The number of hydrogen-bond acceptors (Lipinski definition) is 4. The molecule has 4 nitrogen and oxygen atoms in total. The van der Waals surface area contributed by atoms with Crippen molar-refractivity contribution in [3.05, 3.63) is 29.8 Å². The lowest BCUT2D eigenvalue weighted by Gasteiger charge is -2.42. The molecule has 0 aliphatic carbocycles. The molecule has 0 spiro atoms. The average molecular weight is 287 g/mol. The Hall–Kier alpha value is -1.57. The molecule has 1 saturated heterocycles. The average Bonchev–Trinajstić information content (AvgIpc) is 2.47. The van der Waals surface area contributed by atoms with E-state index in [0.717, 1.165) is 38.5 Å². The highest BCUT2D eigenvalue weighted by molar-refractivity contribution is 5.36. The minimum absolute atomic E-state index is 0.264. The maximum atomic E-state index is 8.86. The molecule has 0 bridgehead atoms. The molecule has 0 N–H and O–H groups in total. The fourth-order valence-corrected chi connectivity index (χ4v) is 2.59. The van der Waals surface area contributed by atoms with Crippen LogP contribution in [0.25, 0.3) is 0 Å². The summed E-state index contributed by atoms with van der Waals surface area (Å²) in [7, 11) is 0. The van der Waals surface area contributed by atoms with Gasteiger partial charge in [0.15, 0.2) is 0 Å². The van der Waals surface area contributed by atoms with Crippen molar-refractivity contribution in [3.8, 4) is 11.8 Å². The maximum absolute atomic E-state index is 8.86. The van der Waals surface area contributed by atoms with E-state index in [1.807, 2.05) is 12.1 Å². The highest BCUT2D eigenvalue weighted by atomic mass is 16.5. The largest absolute Gasteiger partial charge is 0.492 e. The summed E-state index contributed by atoms with van der Waals surface area (Å²) in [6, 6.07) is 9.47. The number of ether oxygens (including phenoxy) is 1. The second-order valence-electron chi connectivity index (χ2n) is 6.49. The minimum Gasteiger partial charge on any atom is -0.492 e. The van der Waals surface area contributed by atoms with Gasteiger partial charge in [0.2, 0.25) is 0 Å². The summed E-state index contributed by atoms with van der Waals surface area (Å²) in [5, 5.41) is 8.86. The van der Waals surface area contributed by atoms with Gasteiger partial charge in [-0.15, -0.1) is 0 Å². The van der Waals surface area contributed by atoms with Crippen molar-refractivity contribution < 1.29 is 4.74 Å². The lowest BCUT2D eigenvalue weighted by Crippen LogP contribution is -2.53. The van der Waals surface area contributed by atoms with Crippen LogP contribution in [0.5, 0.6) is 5.75 Å². The Bertz CT molecular complexity index is 493. The molecule has 1 aliphatic heterocycles. The molecule has 0 unspecified atom stereocenters. The topological polar surface area (TPSA) is 39.5 Å². The summed E-state index contributed by atoms with van der Waals surface area (Å²) in [6.07, 6.45) is 0. The Kier molecular flexibility index (Phi) is 5.22. The van der Waals surface area contributed by atoms with Gasteiger partial charge in [-0.1, -0.05) is 6.07 Å². The van der Waals surface area contributed by atoms with Crippen molar-refractivity contribution in [2.75, 3.05) is 39.3 Å². The smallest absolute Gasteiger partial charge is 0.120 e. The molecule has 21 heavy (non-hydrogen) atoms. The third-order valence-corrected chi connectivity index (χ3v) is 3.96. The molecule has 1 fully saturated rings. The molecule has 1 aromatic carbocycles. The fraction of sp³-hybridized carbons (Fsp3) is 0.588. The van der Waals surface area contributed by atoms with E-state index in [1.54, 1.807) is 12.1 Å². The van der Waals surface area contributed by atoms with Crippen LogP contribution in [0.1, 0.15) is 26.3 Å². The van der Waals surface area contributed by atoms with Crippen molar-refractivity contribution in [1.82, 2.24) is 9.80 Å². The zero-order valence-corrected chi connectivity index (χ0v) is 13.3. The van der Waals surface area contributed by atoms with Gasteiger partial charge in [0.1, 0.15) is 12.4 Å². The summed E-state index contributed by atoms with van der Waals surface area (Å²) in [5.74, 6) is 0.780. The molecule has 0 radical (unpaired) electrons. The van der Waals surface area contributed by atoms with E-state index in [0.29, 0.717) is 12.2 Å². The zero-order valence-electron chi connectivity index (χ0n) is 13.3. The maximum Gasteiger partial charge on any atom is 0.120 e. The van der Waals surface area contributed by atoms with E-state index in [-0.39, 0.29) is 5.54 Å². The Morgan fingerprint density at radius 3 is 2.52 bits per heavy atom. The van der Waals surface area contributed by atoms with Crippen molar-refractivity contribution in [1.29, 1.82) is 5.26 Å². The molecule has 1 heterocycles. The van der Waals surface area contributed by atoms with Gasteiger partial charge in [0.25, 0.3) is 0 Å². The molecule has 4 heteroatoms. The van der Waals surface area contributed by atoms with E-state index < -0.39 is 0 Å². The first kappa shape index (κ1) is 15.8. The van der Waals surface area contributed by atoms with Crippen LogP contribution in [-0.4, -0.2) is 54.7 Å². The minimum atomic E-state index is 0.264. The lowest BCUT2D eigenvalue weighted by molar-refractivity contribution is 0.0564. The van der Waals surface area contributed by atoms with Gasteiger partial charge in [0, 0.05) is 38.3 Å². The van der Waals surface area contributed by atoms with Crippen LogP contribution >= 0.6 is 0 Å². The SMILES string of the molecule is CC(C)(C)N1CCN(CCOc2cccc(C#N)c2)CC1. The summed E-state index contributed by atoms with van der Waals surface area (Å²) in [6.45, 7) is 12.9. The number of benzene rings is 1. The van der Waals surface area contributed by atoms with Crippen molar-refractivity contribution in [2.24, 2.45) is 0 Å². The van der Waals surface area contributed by atoms with Crippen molar-refractivity contribution in [2.45, 2.75) is 26.3 Å². The van der Waals surface area contributed by atoms with E-state index in [1.165, 1.54) is 0 Å². The third-order valence-electron chi connectivity index (χ3n) is 3.96. The Labute approximate surface area is 127 Å². The van der Waals surface area contributed by atoms with Gasteiger partial charge in [-0.3, -0.25) is 9.80 Å². The Morgan fingerprint density at radius 1 is 1.19 bits per heavy atom. The predicted molar refractivity (Wildman–Crippen MR) is 84.4 cm³/mol. The number of nitriles is 1. The first-order valence-corrected chi connectivity index (χ1v) is 7.59. The van der Waals surface area contributed by atoms with Crippen molar-refractivity contribution >= 4 is 0 Å². The molecule has 1 aromatic rings. The highest BCUT2D eigenvalue weighted by Gasteiger charge is 2.25. The van der Waals surface area contributed by atoms with Crippen LogP contribution in [0.15, 0.2) is 24.3 Å². The summed E-state index contributed by atoms with van der Waals surface area (Å²) in [5.41, 5.74) is 0.909. The summed E-state index contributed by atoms with van der Waals surface area (Å²) < 4.78 is 5.74. The molecule has 0 aromatic heterocycles. The van der Waals surface area contributed by atoms with Gasteiger partial charge in [-0.2, -0.15) is 5.26 Å². The van der Waals surface area contributed by atoms with Gasteiger partial charge >= 0.3 is 0 Å². The molecular formula is C17H25N3O.